The van der Waals surface area contributed by atoms with Crippen LogP contribution in [0.2, 0.25) is 0 Å². The van der Waals surface area contributed by atoms with Crippen molar-refractivity contribution < 1.29 is 9.59 Å². The van der Waals surface area contributed by atoms with Crippen LogP contribution in [0.4, 0.5) is 0 Å². The summed E-state index contributed by atoms with van der Waals surface area (Å²) in [6.45, 7) is 0. The Hall–Kier alpha value is -4.06. The summed E-state index contributed by atoms with van der Waals surface area (Å²) in [5, 5.41) is 7.90. The van der Waals surface area contributed by atoms with Gasteiger partial charge in [0, 0.05) is 36.4 Å². The van der Waals surface area contributed by atoms with Crippen molar-refractivity contribution in [3.8, 4) is 0 Å². The molecule has 0 aliphatic heterocycles. The Bertz CT molecular complexity index is 930. The number of hydrazone groups is 2. The molecular weight excluding hydrogens is 376 g/mol. The molecule has 0 aromatic heterocycles. The van der Waals surface area contributed by atoms with Crippen molar-refractivity contribution in [2.24, 2.45) is 10.2 Å². The first kappa shape index (κ1) is 20.7. The Morgan fingerprint density at radius 3 is 1.33 bits per heavy atom. The fourth-order valence-electron chi connectivity index (χ4n) is 2.64. The lowest BCUT2D eigenvalue weighted by Gasteiger charge is -2.03. The van der Waals surface area contributed by atoms with E-state index in [9.17, 15) is 9.59 Å². The smallest absolute Gasteiger partial charge is 0.267 e. The summed E-state index contributed by atoms with van der Waals surface area (Å²) in [4.78, 5) is 24.3. The molecule has 0 fully saturated rings. The van der Waals surface area contributed by atoms with Crippen molar-refractivity contribution >= 4 is 24.2 Å². The minimum Gasteiger partial charge on any atom is -0.267 e. The number of rotatable bonds is 8. The summed E-state index contributed by atoms with van der Waals surface area (Å²) in [6.07, 6.45) is 4.54. The molecule has 150 valence electrons. The summed E-state index contributed by atoms with van der Waals surface area (Å²) in [6, 6.07) is 26.0. The summed E-state index contributed by atoms with van der Waals surface area (Å²) < 4.78 is 0. The summed E-state index contributed by atoms with van der Waals surface area (Å²) in [7, 11) is 0. The summed E-state index contributed by atoms with van der Waals surface area (Å²) in [5.41, 5.74) is 8.01. The number of nitrogens with one attached hydrogen (secondary N) is 2. The number of benzene rings is 3. The zero-order valence-corrected chi connectivity index (χ0v) is 16.4. The van der Waals surface area contributed by atoms with E-state index in [-0.39, 0.29) is 11.8 Å². The minimum atomic E-state index is -0.341. The fraction of sp³-hybridized carbons (Fsp3) is 0.0833. The third-order valence-electron chi connectivity index (χ3n) is 4.26. The van der Waals surface area contributed by atoms with Gasteiger partial charge in [-0.05, 0) is 35.4 Å². The van der Waals surface area contributed by atoms with E-state index in [4.69, 9.17) is 0 Å². The standard InChI is InChI=1S/C24H22N4O2/c29-23(27-25-17-15-19-7-3-1-4-8-19)21-11-13-22(14-12-21)24(30)28-26-18-16-20-9-5-2-6-10-20/h1-14,17-18H,15-16H2,(H,27,29)(H,28,30). The molecule has 0 spiro atoms. The molecule has 0 aliphatic carbocycles. The molecule has 2 amide bonds. The third kappa shape index (κ3) is 6.53. The predicted octanol–water partition coefficient (Wildman–Crippen LogP) is 3.60. The van der Waals surface area contributed by atoms with Gasteiger partial charge in [-0.25, -0.2) is 10.9 Å². The molecule has 30 heavy (non-hydrogen) atoms. The second-order valence-corrected chi connectivity index (χ2v) is 6.46. The van der Waals surface area contributed by atoms with E-state index in [2.05, 4.69) is 21.1 Å². The van der Waals surface area contributed by atoms with Gasteiger partial charge in [0.05, 0.1) is 0 Å². The number of hydrogen-bond acceptors (Lipinski definition) is 4. The normalized spacial score (nSPS) is 10.9. The van der Waals surface area contributed by atoms with Crippen LogP contribution in [0.1, 0.15) is 31.8 Å². The largest absolute Gasteiger partial charge is 0.271 e. The lowest BCUT2D eigenvalue weighted by Crippen LogP contribution is -2.19. The SMILES string of the molecule is O=C(NN=CCc1ccccc1)c1ccc(C(=O)NN=CCc2ccccc2)cc1. The van der Waals surface area contributed by atoms with Crippen LogP contribution < -0.4 is 10.9 Å². The maximum atomic E-state index is 12.1. The van der Waals surface area contributed by atoms with Gasteiger partial charge in [0.15, 0.2) is 0 Å². The highest BCUT2D eigenvalue weighted by Crippen LogP contribution is 2.05. The molecule has 0 unspecified atom stereocenters. The topological polar surface area (TPSA) is 82.9 Å². The van der Waals surface area contributed by atoms with Crippen LogP contribution in [0.5, 0.6) is 0 Å². The Balaban J connectivity index is 1.45. The second kappa shape index (κ2) is 11.1. The fourth-order valence-corrected chi connectivity index (χ4v) is 2.64. The van der Waals surface area contributed by atoms with Crippen LogP contribution in [0, 0.1) is 0 Å². The van der Waals surface area contributed by atoms with Crippen molar-refractivity contribution in [3.05, 3.63) is 107 Å². The van der Waals surface area contributed by atoms with Gasteiger partial charge in [0.25, 0.3) is 11.8 Å². The van der Waals surface area contributed by atoms with Gasteiger partial charge in [0.2, 0.25) is 0 Å². The van der Waals surface area contributed by atoms with Crippen molar-refractivity contribution in [2.45, 2.75) is 12.8 Å². The molecule has 0 saturated heterocycles. The van der Waals surface area contributed by atoms with Crippen molar-refractivity contribution in [1.82, 2.24) is 10.9 Å². The van der Waals surface area contributed by atoms with Gasteiger partial charge >= 0.3 is 0 Å². The number of carbonyl (C=O) groups excluding carboxylic acids is 2. The maximum Gasteiger partial charge on any atom is 0.271 e. The molecule has 3 aromatic carbocycles. The van der Waals surface area contributed by atoms with E-state index in [0.29, 0.717) is 24.0 Å². The molecule has 0 aliphatic rings. The van der Waals surface area contributed by atoms with Gasteiger partial charge in [-0.15, -0.1) is 0 Å². The first-order valence-corrected chi connectivity index (χ1v) is 9.54. The zero-order valence-electron chi connectivity index (χ0n) is 16.4. The molecule has 3 rings (SSSR count). The van der Waals surface area contributed by atoms with Gasteiger partial charge in [-0.1, -0.05) is 60.7 Å². The minimum absolute atomic E-state index is 0.341. The monoisotopic (exact) mass is 398 g/mol. The van der Waals surface area contributed by atoms with Crippen molar-refractivity contribution in [1.29, 1.82) is 0 Å². The van der Waals surface area contributed by atoms with E-state index in [1.165, 1.54) is 0 Å². The predicted molar refractivity (Wildman–Crippen MR) is 119 cm³/mol. The van der Waals surface area contributed by atoms with E-state index in [1.807, 2.05) is 60.7 Å². The molecular formula is C24H22N4O2. The molecule has 0 atom stereocenters. The van der Waals surface area contributed by atoms with Crippen LogP contribution >= 0.6 is 0 Å². The molecule has 6 nitrogen and oxygen atoms in total. The Morgan fingerprint density at radius 2 is 0.967 bits per heavy atom. The van der Waals surface area contributed by atoms with E-state index in [1.54, 1.807) is 36.7 Å². The molecule has 6 heteroatoms. The van der Waals surface area contributed by atoms with Crippen LogP contribution in [0.15, 0.2) is 95.1 Å². The molecule has 2 N–H and O–H groups in total. The van der Waals surface area contributed by atoms with E-state index in [0.717, 1.165) is 11.1 Å². The first-order chi connectivity index (χ1) is 14.7. The quantitative estimate of drug-likeness (QED) is 0.449. The lowest BCUT2D eigenvalue weighted by atomic mass is 10.1. The number of amides is 2. The van der Waals surface area contributed by atoms with E-state index < -0.39 is 0 Å². The van der Waals surface area contributed by atoms with Crippen LogP contribution in [0.25, 0.3) is 0 Å². The average Bonchev–Trinajstić information content (AvgIpc) is 2.81. The summed E-state index contributed by atoms with van der Waals surface area (Å²) >= 11 is 0. The average molecular weight is 398 g/mol. The number of carbonyl (C=O) groups is 2. The van der Waals surface area contributed by atoms with E-state index >= 15 is 0 Å². The van der Waals surface area contributed by atoms with Gasteiger partial charge in [0.1, 0.15) is 0 Å². The molecule has 0 radical (unpaired) electrons. The van der Waals surface area contributed by atoms with Crippen LogP contribution in [-0.4, -0.2) is 24.2 Å². The van der Waals surface area contributed by atoms with Crippen molar-refractivity contribution in [3.63, 3.8) is 0 Å². The highest BCUT2D eigenvalue weighted by Gasteiger charge is 2.07. The first-order valence-electron chi connectivity index (χ1n) is 9.54. The second-order valence-electron chi connectivity index (χ2n) is 6.46. The zero-order chi connectivity index (χ0) is 21.0. The Morgan fingerprint density at radius 1 is 0.600 bits per heavy atom. The molecule has 3 aromatic rings. The maximum absolute atomic E-state index is 12.1. The Labute approximate surface area is 175 Å². The number of hydrogen-bond donors (Lipinski definition) is 2. The summed E-state index contributed by atoms with van der Waals surface area (Å²) in [5.74, 6) is -0.681. The highest BCUT2D eigenvalue weighted by atomic mass is 16.2. The molecule has 0 bridgehead atoms. The van der Waals surface area contributed by atoms with Gasteiger partial charge in [-0.3, -0.25) is 9.59 Å². The Kier molecular flexibility index (Phi) is 7.62. The highest BCUT2D eigenvalue weighted by molar-refractivity contribution is 5.98. The van der Waals surface area contributed by atoms with Crippen molar-refractivity contribution in [2.75, 3.05) is 0 Å². The van der Waals surface area contributed by atoms with Gasteiger partial charge < -0.3 is 0 Å². The van der Waals surface area contributed by atoms with Crippen LogP contribution in [-0.2, 0) is 12.8 Å². The van der Waals surface area contributed by atoms with Crippen LogP contribution in [0.3, 0.4) is 0 Å². The molecule has 0 saturated carbocycles. The molecule has 0 heterocycles. The number of nitrogens with zero attached hydrogens (tertiary/aromatic N) is 2. The lowest BCUT2D eigenvalue weighted by molar-refractivity contribution is 0.0943. The third-order valence-corrected chi connectivity index (χ3v) is 4.26. The van der Waals surface area contributed by atoms with Gasteiger partial charge in [-0.2, -0.15) is 10.2 Å².